The number of halogens is 3. The zero-order chi connectivity index (χ0) is 16.2. The van der Waals surface area contributed by atoms with Gasteiger partial charge >= 0.3 is 17.8 Å². The van der Waals surface area contributed by atoms with Gasteiger partial charge in [-0.25, -0.2) is 4.98 Å². The number of aromatic nitrogens is 1. The summed E-state index contributed by atoms with van der Waals surface area (Å²) < 4.78 is 42.4. The van der Waals surface area contributed by atoms with Crippen LogP contribution in [0, 0.1) is 10.1 Å². The number of methoxy groups -OCH3 is 1. The lowest BCUT2D eigenvalue weighted by Gasteiger charge is -2.22. The molecule has 0 radical (unpaired) electrons. The average molecular weight is 307 g/mol. The smallest absolute Gasteiger partial charge is 0.433 e. The first kappa shape index (κ1) is 16.7. The zero-order valence-electron chi connectivity index (χ0n) is 11.2. The van der Waals surface area contributed by atoms with E-state index in [9.17, 15) is 28.1 Å². The molecule has 1 aromatic rings. The van der Waals surface area contributed by atoms with Gasteiger partial charge in [0.15, 0.2) is 0 Å². The van der Waals surface area contributed by atoms with Crippen molar-refractivity contribution in [1.82, 2.24) is 4.98 Å². The fraction of sp³-hybridized carbons (Fsp3) is 0.455. The Hall–Kier alpha value is -2.39. The molecule has 0 saturated carbocycles. The molecule has 0 aliphatic carbocycles. The van der Waals surface area contributed by atoms with Gasteiger partial charge in [0, 0.05) is 6.54 Å². The highest BCUT2D eigenvalue weighted by Gasteiger charge is 2.35. The summed E-state index contributed by atoms with van der Waals surface area (Å²) in [5.74, 6) is -0.725. The number of esters is 1. The first-order chi connectivity index (χ1) is 9.70. The van der Waals surface area contributed by atoms with Gasteiger partial charge in [-0.2, -0.15) is 13.2 Å². The number of nitro groups is 1. The molecule has 0 unspecified atom stereocenters. The van der Waals surface area contributed by atoms with Crippen molar-refractivity contribution in [2.75, 3.05) is 25.1 Å². The molecule has 116 valence electrons. The maximum absolute atomic E-state index is 12.7. The Morgan fingerprint density at radius 3 is 2.57 bits per heavy atom. The van der Waals surface area contributed by atoms with E-state index >= 15 is 0 Å². The molecule has 0 saturated heterocycles. The quantitative estimate of drug-likeness (QED) is 0.470. The number of hydrogen-bond donors (Lipinski definition) is 0. The van der Waals surface area contributed by atoms with Gasteiger partial charge in [0.1, 0.15) is 24.1 Å². The maximum Gasteiger partial charge on any atom is 0.433 e. The standard InChI is InChI=1S/C11H12F3N3O4/c1-3-16(6-10(18)21-2)7-4-9(11(12,13)14)15-5-8(7)17(19)20/h4-5H,3,6H2,1-2H3. The second-order valence-electron chi connectivity index (χ2n) is 3.90. The van der Waals surface area contributed by atoms with Crippen molar-refractivity contribution in [3.05, 3.63) is 28.1 Å². The summed E-state index contributed by atoms with van der Waals surface area (Å²) in [6, 6.07) is 0.546. The molecule has 10 heteroatoms. The molecular formula is C11H12F3N3O4. The third-order valence-electron chi connectivity index (χ3n) is 2.62. The van der Waals surface area contributed by atoms with Crippen LogP contribution in [0.1, 0.15) is 12.6 Å². The Bertz CT molecular complexity index is 548. The van der Waals surface area contributed by atoms with Crippen LogP contribution in [0.5, 0.6) is 0 Å². The van der Waals surface area contributed by atoms with Crippen molar-refractivity contribution in [2.45, 2.75) is 13.1 Å². The Kier molecular flexibility index (Phi) is 5.06. The van der Waals surface area contributed by atoms with E-state index in [0.29, 0.717) is 12.3 Å². The van der Waals surface area contributed by atoms with Crippen molar-refractivity contribution >= 4 is 17.3 Å². The van der Waals surface area contributed by atoms with Crippen LogP contribution >= 0.6 is 0 Å². The second kappa shape index (κ2) is 6.37. The molecule has 0 bridgehead atoms. The predicted molar refractivity (Wildman–Crippen MR) is 65.8 cm³/mol. The molecule has 0 N–H and O–H groups in total. The summed E-state index contributed by atoms with van der Waals surface area (Å²) in [7, 11) is 1.11. The van der Waals surface area contributed by atoms with E-state index in [1.165, 1.54) is 0 Å². The van der Waals surface area contributed by atoms with Crippen molar-refractivity contribution in [1.29, 1.82) is 0 Å². The van der Waals surface area contributed by atoms with E-state index in [4.69, 9.17) is 0 Å². The Labute approximate surface area is 117 Å². The summed E-state index contributed by atoms with van der Waals surface area (Å²) in [6.45, 7) is 1.22. The molecule has 1 heterocycles. The van der Waals surface area contributed by atoms with Crippen LogP contribution in [0.2, 0.25) is 0 Å². The van der Waals surface area contributed by atoms with Crippen LogP contribution in [-0.4, -0.2) is 36.1 Å². The molecule has 21 heavy (non-hydrogen) atoms. The zero-order valence-corrected chi connectivity index (χ0v) is 11.2. The lowest BCUT2D eigenvalue weighted by molar-refractivity contribution is -0.384. The minimum atomic E-state index is -4.74. The highest BCUT2D eigenvalue weighted by molar-refractivity contribution is 5.77. The van der Waals surface area contributed by atoms with Crippen molar-refractivity contribution < 1.29 is 27.6 Å². The van der Waals surface area contributed by atoms with Crippen LogP contribution in [-0.2, 0) is 15.7 Å². The van der Waals surface area contributed by atoms with E-state index in [0.717, 1.165) is 12.0 Å². The molecule has 0 amide bonds. The molecule has 0 fully saturated rings. The fourth-order valence-corrected chi connectivity index (χ4v) is 1.57. The lowest BCUT2D eigenvalue weighted by atomic mass is 10.2. The number of hydrogen-bond acceptors (Lipinski definition) is 6. The van der Waals surface area contributed by atoms with Gasteiger partial charge in [0.25, 0.3) is 0 Å². The number of nitrogens with zero attached hydrogens (tertiary/aromatic N) is 3. The van der Waals surface area contributed by atoms with Gasteiger partial charge in [-0.05, 0) is 13.0 Å². The summed E-state index contributed by atoms with van der Waals surface area (Å²) in [5, 5.41) is 10.9. The minimum Gasteiger partial charge on any atom is -0.468 e. The van der Waals surface area contributed by atoms with E-state index in [1.54, 1.807) is 6.92 Å². The highest BCUT2D eigenvalue weighted by Crippen LogP contribution is 2.34. The second-order valence-corrected chi connectivity index (χ2v) is 3.90. The number of pyridine rings is 1. The molecule has 1 aromatic heterocycles. The van der Waals surface area contributed by atoms with Crippen LogP contribution < -0.4 is 4.90 Å². The van der Waals surface area contributed by atoms with Gasteiger partial charge in [-0.1, -0.05) is 0 Å². The Morgan fingerprint density at radius 1 is 1.52 bits per heavy atom. The average Bonchev–Trinajstić information content (AvgIpc) is 2.42. The number of rotatable bonds is 5. The van der Waals surface area contributed by atoms with Crippen molar-refractivity contribution in [3.63, 3.8) is 0 Å². The number of anilines is 1. The number of carbonyl (C=O) groups excluding carboxylic acids is 1. The van der Waals surface area contributed by atoms with Gasteiger partial charge in [-0.15, -0.1) is 0 Å². The van der Waals surface area contributed by atoms with E-state index in [2.05, 4.69) is 9.72 Å². The van der Waals surface area contributed by atoms with E-state index in [-0.39, 0.29) is 12.2 Å². The fourth-order valence-electron chi connectivity index (χ4n) is 1.57. The minimum absolute atomic E-state index is 0.0806. The van der Waals surface area contributed by atoms with Gasteiger partial charge in [-0.3, -0.25) is 14.9 Å². The first-order valence-electron chi connectivity index (χ1n) is 5.74. The summed E-state index contributed by atoms with van der Waals surface area (Å²) >= 11 is 0. The number of ether oxygens (including phenoxy) is 1. The van der Waals surface area contributed by atoms with Gasteiger partial charge in [0.2, 0.25) is 0 Å². The third-order valence-corrected chi connectivity index (χ3v) is 2.62. The molecule has 0 aliphatic heterocycles. The Balaban J connectivity index is 3.33. The molecule has 0 aliphatic rings. The molecule has 7 nitrogen and oxygen atoms in total. The van der Waals surface area contributed by atoms with Crippen LogP contribution in [0.25, 0.3) is 0 Å². The van der Waals surface area contributed by atoms with Crippen molar-refractivity contribution in [3.8, 4) is 0 Å². The number of alkyl halides is 3. The highest BCUT2D eigenvalue weighted by atomic mass is 19.4. The molecule has 0 atom stereocenters. The van der Waals surface area contributed by atoms with Gasteiger partial charge in [0.05, 0.1) is 12.0 Å². The van der Waals surface area contributed by atoms with Crippen molar-refractivity contribution in [2.24, 2.45) is 0 Å². The monoisotopic (exact) mass is 307 g/mol. The first-order valence-corrected chi connectivity index (χ1v) is 5.74. The summed E-state index contributed by atoms with van der Waals surface area (Å²) in [6.07, 6.45) is -4.22. The molecular weight excluding hydrogens is 295 g/mol. The largest absolute Gasteiger partial charge is 0.468 e. The van der Waals surface area contributed by atoms with Crippen LogP contribution in [0.4, 0.5) is 24.5 Å². The normalized spacial score (nSPS) is 11.1. The molecule has 0 aromatic carbocycles. The van der Waals surface area contributed by atoms with E-state index < -0.39 is 35.0 Å². The SMILES string of the molecule is CCN(CC(=O)OC)c1cc(C(F)(F)F)ncc1[N+](=O)[O-]. The molecule has 1 rings (SSSR count). The molecule has 0 spiro atoms. The maximum atomic E-state index is 12.7. The predicted octanol–water partition coefficient (Wildman–Crippen LogP) is 2.01. The topological polar surface area (TPSA) is 85.6 Å². The Morgan fingerprint density at radius 2 is 2.14 bits per heavy atom. The van der Waals surface area contributed by atoms with Gasteiger partial charge < -0.3 is 9.64 Å². The lowest BCUT2D eigenvalue weighted by Crippen LogP contribution is -2.31. The van der Waals surface area contributed by atoms with Crippen LogP contribution in [0.3, 0.4) is 0 Å². The van der Waals surface area contributed by atoms with Crippen LogP contribution in [0.15, 0.2) is 12.3 Å². The van der Waals surface area contributed by atoms with E-state index in [1.807, 2.05) is 0 Å². The number of carbonyl (C=O) groups is 1. The third kappa shape index (κ3) is 4.04. The number of likely N-dealkylation sites (N-methyl/N-ethyl adjacent to an activating group) is 1. The summed E-state index contributed by atoms with van der Waals surface area (Å²) in [5.41, 5.74) is -2.23. The summed E-state index contributed by atoms with van der Waals surface area (Å²) in [4.78, 5) is 25.4.